The summed E-state index contributed by atoms with van der Waals surface area (Å²) in [5, 5.41) is 15.1. The lowest BCUT2D eigenvalue weighted by molar-refractivity contribution is -0.152. The number of benzene rings is 3. The van der Waals surface area contributed by atoms with Crippen molar-refractivity contribution < 1.29 is 14.3 Å². The molecule has 1 unspecified atom stereocenters. The minimum absolute atomic E-state index is 0.332. The Kier molecular flexibility index (Phi) is 8.49. The molecule has 45 heavy (non-hydrogen) atoms. The van der Waals surface area contributed by atoms with Gasteiger partial charge < -0.3 is 14.2 Å². The van der Waals surface area contributed by atoms with Crippen molar-refractivity contribution in [1.82, 2.24) is 30.2 Å². The molecule has 5 aromatic rings. The van der Waals surface area contributed by atoms with Gasteiger partial charge in [0.1, 0.15) is 5.82 Å². The third-order valence-electron chi connectivity index (χ3n) is 8.44. The number of fused-ring (bicyclic) bond motifs is 1. The van der Waals surface area contributed by atoms with Crippen LogP contribution in [-0.4, -0.2) is 55.6 Å². The number of aromatic amines is 1. The van der Waals surface area contributed by atoms with Crippen molar-refractivity contribution in [2.75, 3.05) is 18.6 Å². The number of unbranched alkanes of at least 4 members (excludes halogenated alkanes) is 1. The summed E-state index contributed by atoms with van der Waals surface area (Å²) in [6, 6.07) is 23.3. The SMILES string of the molecule is CCCCc1nc2c(n1Cc1ccc(-c3ccccc3-c3nn[nH]n3)cc1)C(C(C)=O)(C(=O)OC)N(c1ccc(Cl)cc1)CC2. The van der Waals surface area contributed by atoms with E-state index in [1.54, 1.807) is 12.1 Å². The summed E-state index contributed by atoms with van der Waals surface area (Å²) >= 11 is 6.21. The molecule has 3 aromatic carbocycles. The Balaban J connectivity index is 1.46. The molecule has 2 aromatic heterocycles. The van der Waals surface area contributed by atoms with E-state index in [0.29, 0.717) is 41.7 Å². The minimum atomic E-state index is -1.71. The van der Waals surface area contributed by atoms with E-state index < -0.39 is 11.5 Å². The second kappa shape index (κ2) is 12.6. The van der Waals surface area contributed by atoms with Crippen molar-refractivity contribution in [2.24, 2.45) is 0 Å². The molecule has 0 radical (unpaired) electrons. The number of halogens is 1. The summed E-state index contributed by atoms with van der Waals surface area (Å²) in [5.74, 6) is 0.402. The first-order chi connectivity index (χ1) is 21.9. The number of tetrazole rings is 1. The molecule has 230 valence electrons. The van der Waals surface area contributed by atoms with E-state index in [1.165, 1.54) is 14.0 Å². The van der Waals surface area contributed by atoms with Gasteiger partial charge in [-0.3, -0.25) is 4.79 Å². The predicted octanol–water partition coefficient (Wildman–Crippen LogP) is 5.79. The number of carbonyl (C=O) groups excluding carboxylic acids is 2. The number of anilines is 1. The number of ketones is 1. The van der Waals surface area contributed by atoms with Gasteiger partial charge in [0.15, 0.2) is 5.78 Å². The molecule has 1 aliphatic heterocycles. The van der Waals surface area contributed by atoms with Crippen molar-refractivity contribution in [1.29, 1.82) is 0 Å². The van der Waals surface area contributed by atoms with Crippen LogP contribution in [0.5, 0.6) is 0 Å². The number of hydrogen-bond acceptors (Lipinski definition) is 8. The highest BCUT2D eigenvalue weighted by Gasteiger charge is 2.57. The van der Waals surface area contributed by atoms with Gasteiger partial charge in [-0.15, -0.1) is 10.2 Å². The van der Waals surface area contributed by atoms with Crippen LogP contribution in [0.1, 0.15) is 49.5 Å². The van der Waals surface area contributed by atoms with Crippen LogP contribution in [0.25, 0.3) is 22.5 Å². The molecule has 0 amide bonds. The Morgan fingerprint density at radius 2 is 1.76 bits per heavy atom. The second-order valence-electron chi connectivity index (χ2n) is 11.1. The Bertz CT molecular complexity index is 1820. The van der Waals surface area contributed by atoms with Gasteiger partial charge in [-0.2, -0.15) is 5.21 Å². The average molecular weight is 624 g/mol. The standard InChI is InChI=1S/C34H34ClN7O3/c1-4-5-10-30-36-29-19-20-42(26-17-15-25(35)16-18-26)34(22(2)43,33(44)45-3)31(29)41(30)21-23-11-13-24(14-12-23)27-8-6-7-9-28(27)32-37-39-40-38-32/h6-9,11-18H,4-5,10,19-21H2,1-3H3,(H,37,38,39,40). The Hall–Kier alpha value is -4.83. The van der Waals surface area contributed by atoms with Crippen molar-refractivity contribution in [3.63, 3.8) is 0 Å². The van der Waals surface area contributed by atoms with Crippen LogP contribution in [0.3, 0.4) is 0 Å². The molecule has 11 heteroatoms. The highest BCUT2D eigenvalue weighted by atomic mass is 35.5. The van der Waals surface area contributed by atoms with E-state index in [2.05, 4.69) is 56.4 Å². The lowest BCUT2D eigenvalue weighted by Gasteiger charge is -2.44. The van der Waals surface area contributed by atoms with Crippen LogP contribution < -0.4 is 4.90 Å². The van der Waals surface area contributed by atoms with Crippen molar-refractivity contribution in [3.05, 3.63) is 101 Å². The van der Waals surface area contributed by atoms with Gasteiger partial charge in [-0.1, -0.05) is 73.5 Å². The molecule has 10 nitrogen and oxygen atoms in total. The molecule has 1 aliphatic rings. The summed E-state index contributed by atoms with van der Waals surface area (Å²) in [5.41, 5.74) is 4.16. The van der Waals surface area contributed by atoms with Gasteiger partial charge in [0, 0.05) is 42.2 Å². The number of H-pyrrole nitrogens is 1. The van der Waals surface area contributed by atoms with Gasteiger partial charge in [-0.05, 0) is 59.5 Å². The number of nitrogens with zero attached hydrogens (tertiary/aromatic N) is 6. The van der Waals surface area contributed by atoms with E-state index in [4.69, 9.17) is 21.3 Å². The minimum Gasteiger partial charge on any atom is -0.467 e. The second-order valence-corrected chi connectivity index (χ2v) is 11.6. The molecular formula is C34H34ClN7O3. The summed E-state index contributed by atoms with van der Waals surface area (Å²) in [6.07, 6.45) is 3.20. The largest absolute Gasteiger partial charge is 0.467 e. The molecule has 0 saturated heterocycles. The molecule has 0 fully saturated rings. The van der Waals surface area contributed by atoms with Gasteiger partial charge in [-0.25, -0.2) is 9.78 Å². The van der Waals surface area contributed by atoms with Crippen LogP contribution in [0, 0.1) is 0 Å². The van der Waals surface area contributed by atoms with E-state index in [1.807, 2.05) is 41.3 Å². The number of rotatable bonds is 10. The molecule has 6 rings (SSSR count). The normalized spacial score (nSPS) is 16.0. The van der Waals surface area contributed by atoms with Crippen LogP contribution in [0.4, 0.5) is 5.69 Å². The number of imidazole rings is 1. The Morgan fingerprint density at radius 1 is 1.02 bits per heavy atom. The van der Waals surface area contributed by atoms with Crippen LogP contribution in [-0.2, 0) is 39.3 Å². The molecule has 1 atom stereocenters. The third kappa shape index (κ3) is 5.39. The maximum absolute atomic E-state index is 13.9. The summed E-state index contributed by atoms with van der Waals surface area (Å²) in [7, 11) is 1.32. The number of aryl methyl sites for hydroxylation is 1. The maximum atomic E-state index is 13.9. The van der Waals surface area contributed by atoms with E-state index in [9.17, 15) is 9.59 Å². The van der Waals surface area contributed by atoms with Gasteiger partial charge in [0.2, 0.25) is 11.4 Å². The van der Waals surface area contributed by atoms with Gasteiger partial charge in [0.05, 0.1) is 18.5 Å². The first-order valence-electron chi connectivity index (χ1n) is 15.0. The topological polar surface area (TPSA) is 119 Å². The first kappa shape index (κ1) is 30.2. The molecule has 0 saturated carbocycles. The highest BCUT2D eigenvalue weighted by Crippen LogP contribution is 2.42. The molecule has 3 heterocycles. The average Bonchev–Trinajstić information content (AvgIpc) is 3.72. The van der Waals surface area contributed by atoms with Crippen LogP contribution >= 0.6 is 11.6 Å². The third-order valence-corrected chi connectivity index (χ3v) is 8.69. The maximum Gasteiger partial charge on any atom is 0.346 e. The fourth-order valence-corrected chi connectivity index (χ4v) is 6.44. The van der Waals surface area contributed by atoms with Gasteiger partial charge >= 0.3 is 5.97 Å². The monoisotopic (exact) mass is 623 g/mol. The first-order valence-corrected chi connectivity index (χ1v) is 15.4. The van der Waals surface area contributed by atoms with Crippen molar-refractivity contribution in [2.45, 2.75) is 51.6 Å². The summed E-state index contributed by atoms with van der Waals surface area (Å²) in [4.78, 5) is 34.7. The Morgan fingerprint density at radius 3 is 2.40 bits per heavy atom. The fraction of sp³-hybridized carbons (Fsp3) is 0.294. The zero-order chi connectivity index (χ0) is 31.6. The molecule has 0 aliphatic carbocycles. The number of aromatic nitrogens is 6. The molecule has 1 N–H and O–H groups in total. The van der Waals surface area contributed by atoms with E-state index >= 15 is 0 Å². The quantitative estimate of drug-likeness (QED) is 0.153. The molecule has 0 bridgehead atoms. The number of esters is 1. The van der Waals surface area contributed by atoms with Crippen LogP contribution in [0.15, 0.2) is 72.8 Å². The lowest BCUT2D eigenvalue weighted by Crippen LogP contribution is -2.61. The number of Topliss-reactive ketones (excluding diaryl/α,β-unsaturated/α-hetero) is 1. The summed E-state index contributed by atoms with van der Waals surface area (Å²) in [6.45, 7) is 4.43. The number of carbonyl (C=O) groups is 2. The molecular weight excluding hydrogens is 590 g/mol. The fourth-order valence-electron chi connectivity index (χ4n) is 6.32. The number of ether oxygens (including phenoxy) is 1. The number of hydrogen-bond donors (Lipinski definition) is 1. The zero-order valence-electron chi connectivity index (χ0n) is 25.5. The zero-order valence-corrected chi connectivity index (χ0v) is 26.2. The summed E-state index contributed by atoms with van der Waals surface area (Å²) < 4.78 is 7.47. The Labute approximate surface area is 266 Å². The van der Waals surface area contributed by atoms with E-state index in [-0.39, 0.29) is 5.78 Å². The number of nitrogens with one attached hydrogen (secondary N) is 1. The lowest BCUT2D eigenvalue weighted by atomic mass is 9.82. The number of methoxy groups -OCH3 is 1. The smallest absolute Gasteiger partial charge is 0.346 e. The predicted molar refractivity (Wildman–Crippen MR) is 172 cm³/mol. The highest BCUT2D eigenvalue weighted by molar-refractivity contribution is 6.30. The van der Waals surface area contributed by atoms with Gasteiger partial charge in [0.25, 0.3) is 0 Å². The molecule has 0 spiro atoms. The van der Waals surface area contributed by atoms with Crippen molar-refractivity contribution in [3.8, 4) is 22.5 Å². The van der Waals surface area contributed by atoms with E-state index in [0.717, 1.165) is 53.0 Å². The van der Waals surface area contributed by atoms with Crippen LogP contribution in [0.2, 0.25) is 5.02 Å². The van der Waals surface area contributed by atoms with Crippen molar-refractivity contribution >= 4 is 29.0 Å².